The molecule has 0 bridgehead atoms. The van der Waals surface area contributed by atoms with Gasteiger partial charge in [0.1, 0.15) is 11.6 Å². The molecule has 3 rings (SSSR count). The van der Waals surface area contributed by atoms with Gasteiger partial charge in [0.2, 0.25) is 0 Å². The van der Waals surface area contributed by atoms with Gasteiger partial charge in [0, 0.05) is 6.54 Å². The van der Waals surface area contributed by atoms with Gasteiger partial charge in [-0.05, 0) is 35.9 Å². The smallest absolute Gasteiger partial charge is 0.125 e. The summed E-state index contributed by atoms with van der Waals surface area (Å²) in [5, 5.41) is 6.65. The lowest BCUT2D eigenvalue weighted by Crippen LogP contribution is -2.25. The van der Waals surface area contributed by atoms with Gasteiger partial charge in [0.25, 0.3) is 0 Å². The summed E-state index contributed by atoms with van der Waals surface area (Å²) < 4.78 is 18.4. The molecular formula is C15H15FN2O. The maximum atomic E-state index is 13.2. The van der Waals surface area contributed by atoms with Crippen LogP contribution in [0.3, 0.4) is 0 Å². The van der Waals surface area contributed by atoms with E-state index in [4.69, 9.17) is 4.74 Å². The lowest BCUT2D eigenvalue weighted by molar-refractivity contribution is 0.414. The molecule has 1 atom stereocenters. The molecule has 0 aliphatic carbocycles. The number of halogens is 1. The van der Waals surface area contributed by atoms with Gasteiger partial charge >= 0.3 is 0 Å². The zero-order valence-corrected chi connectivity index (χ0v) is 10.6. The van der Waals surface area contributed by atoms with E-state index in [1.54, 1.807) is 13.2 Å². The van der Waals surface area contributed by atoms with E-state index < -0.39 is 0 Å². The minimum absolute atomic E-state index is 0.125. The van der Waals surface area contributed by atoms with Crippen molar-refractivity contribution in [3.05, 3.63) is 53.8 Å². The first-order valence-corrected chi connectivity index (χ1v) is 6.20. The van der Waals surface area contributed by atoms with E-state index in [-0.39, 0.29) is 11.9 Å². The van der Waals surface area contributed by atoms with Crippen LogP contribution in [0.2, 0.25) is 0 Å². The highest BCUT2D eigenvalue weighted by atomic mass is 19.1. The number of fused-ring (bicyclic) bond motifs is 1. The van der Waals surface area contributed by atoms with Crippen LogP contribution in [0.4, 0.5) is 15.8 Å². The minimum Gasteiger partial charge on any atom is -0.497 e. The molecule has 1 aliphatic rings. The highest BCUT2D eigenvalue weighted by Crippen LogP contribution is 2.32. The SMILES string of the molecule is COc1ccc(C2CNc3ccc(F)cc3N2)cc1. The standard InChI is InChI=1S/C15H15FN2O/c1-19-12-5-2-10(3-6-12)15-9-17-13-7-4-11(16)8-14(13)18-15/h2-8,15,17-18H,9H2,1H3. The first-order chi connectivity index (χ1) is 9.26. The Hall–Kier alpha value is -2.23. The van der Waals surface area contributed by atoms with E-state index >= 15 is 0 Å². The van der Waals surface area contributed by atoms with Gasteiger partial charge in [-0.15, -0.1) is 0 Å². The van der Waals surface area contributed by atoms with Crippen LogP contribution < -0.4 is 15.4 Å². The average molecular weight is 258 g/mol. The predicted octanol–water partition coefficient (Wildman–Crippen LogP) is 3.41. The lowest BCUT2D eigenvalue weighted by atomic mass is 10.0. The van der Waals surface area contributed by atoms with Crippen LogP contribution in [0.1, 0.15) is 11.6 Å². The molecule has 0 radical (unpaired) electrons. The maximum Gasteiger partial charge on any atom is 0.125 e. The largest absolute Gasteiger partial charge is 0.497 e. The fourth-order valence-electron chi connectivity index (χ4n) is 2.28. The number of nitrogens with one attached hydrogen (secondary N) is 2. The summed E-state index contributed by atoms with van der Waals surface area (Å²) >= 11 is 0. The van der Waals surface area contributed by atoms with Gasteiger partial charge in [-0.25, -0.2) is 4.39 Å². The van der Waals surface area contributed by atoms with E-state index in [9.17, 15) is 4.39 Å². The van der Waals surface area contributed by atoms with Crippen molar-refractivity contribution in [2.45, 2.75) is 6.04 Å². The summed E-state index contributed by atoms with van der Waals surface area (Å²) in [5.74, 6) is 0.599. The van der Waals surface area contributed by atoms with Crippen LogP contribution in [0.25, 0.3) is 0 Å². The van der Waals surface area contributed by atoms with Crippen LogP contribution in [0.5, 0.6) is 5.75 Å². The molecule has 19 heavy (non-hydrogen) atoms. The van der Waals surface area contributed by atoms with Crippen molar-refractivity contribution in [3.63, 3.8) is 0 Å². The molecule has 1 aliphatic heterocycles. The number of anilines is 2. The van der Waals surface area contributed by atoms with Crippen LogP contribution >= 0.6 is 0 Å². The molecule has 98 valence electrons. The van der Waals surface area contributed by atoms with E-state index in [1.165, 1.54) is 12.1 Å². The molecule has 2 aromatic rings. The number of hydrogen-bond acceptors (Lipinski definition) is 3. The second-order valence-electron chi connectivity index (χ2n) is 4.54. The second kappa shape index (κ2) is 4.80. The van der Waals surface area contributed by atoms with Gasteiger partial charge in [0.05, 0.1) is 24.5 Å². The Morgan fingerprint density at radius 1 is 1.11 bits per heavy atom. The lowest BCUT2D eigenvalue weighted by Gasteiger charge is -2.28. The summed E-state index contributed by atoms with van der Waals surface area (Å²) in [6.07, 6.45) is 0. The van der Waals surface area contributed by atoms with Gasteiger partial charge in [-0.3, -0.25) is 0 Å². The predicted molar refractivity (Wildman–Crippen MR) is 74.2 cm³/mol. The Kier molecular flexibility index (Phi) is 2.99. The quantitative estimate of drug-likeness (QED) is 0.866. The molecule has 1 unspecified atom stereocenters. The van der Waals surface area contributed by atoms with Crippen molar-refractivity contribution in [2.24, 2.45) is 0 Å². The summed E-state index contributed by atoms with van der Waals surface area (Å²) in [7, 11) is 1.65. The first-order valence-electron chi connectivity index (χ1n) is 6.20. The molecule has 1 heterocycles. The molecule has 0 fully saturated rings. The molecule has 0 amide bonds. The molecule has 0 saturated carbocycles. The summed E-state index contributed by atoms with van der Waals surface area (Å²) in [6.45, 7) is 0.769. The van der Waals surface area contributed by atoms with Crippen LogP contribution in [-0.4, -0.2) is 13.7 Å². The van der Waals surface area contributed by atoms with Crippen molar-refractivity contribution in [3.8, 4) is 5.75 Å². The van der Waals surface area contributed by atoms with Gasteiger partial charge in [-0.2, -0.15) is 0 Å². The Morgan fingerprint density at radius 3 is 2.63 bits per heavy atom. The third-order valence-corrected chi connectivity index (χ3v) is 3.33. The van der Waals surface area contributed by atoms with Crippen LogP contribution in [0.15, 0.2) is 42.5 Å². The van der Waals surface area contributed by atoms with Crippen molar-refractivity contribution < 1.29 is 9.13 Å². The molecule has 4 heteroatoms. The van der Waals surface area contributed by atoms with E-state index in [2.05, 4.69) is 10.6 Å². The topological polar surface area (TPSA) is 33.3 Å². The monoisotopic (exact) mass is 258 g/mol. The van der Waals surface area contributed by atoms with Crippen molar-refractivity contribution in [2.75, 3.05) is 24.3 Å². The molecule has 0 aromatic heterocycles. The fourth-order valence-corrected chi connectivity index (χ4v) is 2.28. The first kappa shape index (κ1) is 11.8. The molecular weight excluding hydrogens is 243 g/mol. The number of rotatable bonds is 2. The number of ether oxygens (including phenoxy) is 1. The Morgan fingerprint density at radius 2 is 1.89 bits per heavy atom. The highest BCUT2D eigenvalue weighted by Gasteiger charge is 2.18. The normalized spacial score (nSPS) is 17.1. The van der Waals surface area contributed by atoms with E-state index in [0.29, 0.717) is 0 Å². The maximum absolute atomic E-state index is 13.2. The van der Waals surface area contributed by atoms with Crippen molar-refractivity contribution in [1.82, 2.24) is 0 Å². The molecule has 0 saturated heterocycles. The summed E-state index contributed by atoms with van der Waals surface area (Å²) in [5.41, 5.74) is 2.88. The fraction of sp³-hybridized carbons (Fsp3) is 0.200. The minimum atomic E-state index is -0.233. The highest BCUT2D eigenvalue weighted by molar-refractivity contribution is 5.71. The molecule has 2 N–H and O–H groups in total. The van der Waals surface area contributed by atoms with Crippen molar-refractivity contribution in [1.29, 1.82) is 0 Å². The molecule has 0 spiro atoms. The second-order valence-corrected chi connectivity index (χ2v) is 4.54. The third-order valence-electron chi connectivity index (χ3n) is 3.33. The summed E-state index contributed by atoms with van der Waals surface area (Å²) in [6, 6.07) is 12.7. The van der Waals surface area contributed by atoms with Gasteiger partial charge in [-0.1, -0.05) is 12.1 Å². The van der Waals surface area contributed by atoms with E-state index in [1.807, 2.05) is 24.3 Å². The van der Waals surface area contributed by atoms with Gasteiger partial charge in [0.15, 0.2) is 0 Å². The summed E-state index contributed by atoms with van der Waals surface area (Å²) in [4.78, 5) is 0. The zero-order chi connectivity index (χ0) is 13.2. The Balaban J connectivity index is 1.84. The Bertz CT molecular complexity index is 583. The van der Waals surface area contributed by atoms with E-state index in [0.717, 1.165) is 29.2 Å². The number of methoxy groups -OCH3 is 1. The average Bonchev–Trinajstić information content (AvgIpc) is 2.46. The molecule has 2 aromatic carbocycles. The number of benzene rings is 2. The van der Waals surface area contributed by atoms with Crippen LogP contribution in [-0.2, 0) is 0 Å². The van der Waals surface area contributed by atoms with Gasteiger partial charge < -0.3 is 15.4 Å². The zero-order valence-electron chi connectivity index (χ0n) is 10.6. The third kappa shape index (κ3) is 2.34. The Labute approximate surface area is 111 Å². The number of hydrogen-bond donors (Lipinski definition) is 2. The van der Waals surface area contributed by atoms with Crippen molar-refractivity contribution >= 4 is 11.4 Å². The van der Waals surface area contributed by atoms with Crippen LogP contribution in [0, 0.1) is 5.82 Å². The molecule has 3 nitrogen and oxygen atoms in total.